The maximum Gasteiger partial charge on any atom is 0.0485 e. The van der Waals surface area contributed by atoms with Crippen molar-refractivity contribution in [1.82, 2.24) is 9.88 Å². The Morgan fingerprint density at radius 1 is 1.25 bits per heavy atom. The number of nitrogens with zero attached hydrogens (tertiary/aromatic N) is 2. The molecule has 2 heterocycles. The van der Waals surface area contributed by atoms with Crippen LogP contribution in [0.5, 0.6) is 0 Å². The summed E-state index contributed by atoms with van der Waals surface area (Å²) in [6.07, 6.45) is 7.20. The van der Waals surface area contributed by atoms with E-state index in [0.29, 0.717) is 18.0 Å². The summed E-state index contributed by atoms with van der Waals surface area (Å²) in [6, 6.07) is 4.60. The van der Waals surface area contributed by atoms with Crippen molar-refractivity contribution >= 4 is 0 Å². The van der Waals surface area contributed by atoms with Gasteiger partial charge in [-0.15, -0.1) is 0 Å². The molecule has 1 fully saturated rings. The molecular weight excluding hydrogens is 246 g/mol. The van der Waals surface area contributed by atoms with Crippen LogP contribution >= 0.6 is 0 Å². The highest BCUT2D eigenvalue weighted by molar-refractivity contribution is 5.18. The molecule has 0 amide bonds. The summed E-state index contributed by atoms with van der Waals surface area (Å²) in [6.45, 7) is 9.71. The zero-order valence-corrected chi connectivity index (χ0v) is 13.2. The highest BCUT2D eigenvalue weighted by atomic mass is 15.2. The zero-order valence-electron chi connectivity index (χ0n) is 13.2. The van der Waals surface area contributed by atoms with Crippen molar-refractivity contribution in [2.24, 2.45) is 11.1 Å². The number of hydrogen-bond acceptors (Lipinski definition) is 3. The van der Waals surface area contributed by atoms with E-state index in [1.54, 1.807) is 0 Å². The van der Waals surface area contributed by atoms with E-state index in [1.807, 2.05) is 13.1 Å². The summed E-state index contributed by atoms with van der Waals surface area (Å²) in [5, 5.41) is 0. The molecule has 1 saturated heterocycles. The van der Waals surface area contributed by atoms with Gasteiger partial charge in [-0.2, -0.15) is 0 Å². The number of nitrogens with two attached hydrogens (primary N) is 1. The van der Waals surface area contributed by atoms with Gasteiger partial charge in [0.05, 0.1) is 0 Å². The van der Waals surface area contributed by atoms with Gasteiger partial charge in [-0.05, 0) is 49.9 Å². The first-order valence-corrected chi connectivity index (χ1v) is 8.01. The van der Waals surface area contributed by atoms with Crippen LogP contribution in [0, 0.1) is 12.3 Å². The van der Waals surface area contributed by atoms with Crippen LogP contribution in [0.2, 0.25) is 0 Å². The van der Waals surface area contributed by atoms with Crippen molar-refractivity contribution in [1.29, 1.82) is 0 Å². The molecule has 112 valence electrons. The third kappa shape index (κ3) is 3.21. The SMILES string of the molecule is CCC1(CC)CCN(C(CN)c2ccc(C)nc2)CC1. The van der Waals surface area contributed by atoms with Crippen molar-refractivity contribution in [2.45, 2.75) is 52.5 Å². The molecule has 1 aromatic rings. The Hall–Kier alpha value is -0.930. The van der Waals surface area contributed by atoms with Crippen LogP contribution in [-0.2, 0) is 0 Å². The standard InChI is InChI=1S/C17H29N3/c1-4-17(5-2)8-10-20(11-9-17)16(12-18)15-7-6-14(3)19-13-15/h6-7,13,16H,4-5,8-12,18H2,1-3H3. The number of likely N-dealkylation sites (tertiary alicyclic amines) is 1. The Kier molecular flexibility index (Phi) is 5.17. The first-order chi connectivity index (χ1) is 9.64. The van der Waals surface area contributed by atoms with Crippen LogP contribution in [0.4, 0.5) is 0 Å². The summed E-state index contributed by atoms with van der Waals surface area (Å²) in [5.41, 5.74) is 8.94. The second-order valence-electron chi connectivity index (χ2n) is 6.23. The Balaban J connectivity index is 2.05. The van der Waals surface area contributed by atoms with Crippen LogP contribution in [0.25, 0.3) is 0 Å². The molecule has 0 aliphatic carbocycles. The van der Waals surface area contributed by atoms with E-state index in [-0.39, 0.29) is 0 Å². The summed E-state index contributed by atoms with van der Waals surface area (Å²) in [4.78, 5) is 6.97. The van der Waals surface area contributed by atoms with Gasteiger partial charge in [0.1, 0.15) is 0 Å². The van der Waals surface area contributed by atoms with Crippen molar-refractivity contribution in [3.05, 3.63) is 29.6 Å². The minimum atomic E-state index is 0.329. The number of pyridine rings is 1. The Labute approximate surface area is 123 Å². The van der Waals surface area contributed by atoms with Gasteiger partial charge in [-0.25, -0.2) is 0 Å². The Morgan fingerprint density at radius 2 is 1.90 bits per heavy atom. The van der Waals surface area contributed by atoms with Crippen molar-refractivity contribution < 1.29 is 0 Å². The van der Waals surface area contributed by atoms with Gasteiger partial charge in [-0.3, -0.25) is 9.88 Å². The minimum Gasteiger partial charge on any atom is -0.329 e. The molecule has 20 heavy (non-hydrogen) atoms. The lowest BCUT2D eigenvalue weighted by atomic mass is 9.74. The molecule has 0 radical (unpaired) electrons. The van der Waals surface area contributed by atoms with Crippen molar-refractivity contribution in [2.75, 3.05) is 19.6 Å². The van der Waals surface area contributed by atoms with Crippen LogP contribution < -0.4 is 5.73 Å². The van der Waals surface area contributed by atoms with E-state index in [4.69, 9.17) is 5.73 Å². The molecule has 1 unspecified atom stereocenters. The summed E-state index contributed by atoms with van der Waals surface area (Å²) < 4.78 is 0. The van der Waals surface area contributed by atoms with Gasteiger partial charge < -0.3 is 5.73 Å². The molecular formula is C17H29N3. The average molecular weight is 275 g/mol. The zero-order chi connectivity index (χ0) is 14.6. The van der Waals surface area contributed by atoms with Crippen LogP contribution in [0.3, 0.4) is 0 Å². The van der Waals surface area contributed by atoms with E-state index in [2.05, 4.69) is 35.9 Å². The third-order valence-electron chi connectivity index (χ3n) is 5.34. The molecule has 3 heteroatoms. The molecule has 0 aromatic carbocycles. The minimum absolute atomic E-state index is 0.329. The van der Waals surface area contributed by atoms with Crippen molar-refractivity contribution in [3.8, 4) is 0 Å². The summed E-state index contributed by atoms with van der Waals surface area (Å²) in [5.74, 6) is 0. The van der Waals surface area contributed by atoms with Gasteiger partial charge in [0.25, 0.3) is 0 Å². The molecule has 2 N–H and O–H groups in total. The molecule has 1 atom stereocenters. The van der Waals surface area contributed by atoms with Crippen LogP contribution in [-0.4, -0.2) is 29.5 Å². The lowest BCUT2D eigenvalue weighted by Crippen LogP contribution is -2.43. The molecule has 0 saturated carbocycles. The lowest BCUT2D eigenvalue weighted by molar-refractivity contribution is 0.0679. The van der Waals surface area contributed by atoms with Gasteiger partial charge in [0.15, 0.2) is 0 Å². The first kappa shape index (κ1) is 15.5. The Bertz CT molecular complexity index is 399. The highest BCUT2D eigenvalue weighted by Crippen LogP contribution is 2.39. The summed E-state index contributed by atoms with van der Waals surface area (Å²) >= 11 is 0. The number of aromatic nitrogens is 1. The maximum absolute atomic E-state index is 6.04. The lowest BCUT2D eigenvalue weighted by Gasteiger charge is -2.43. The fourth-order valence-electron chi connectivity index (χ4n) is 3.44. The maximum atomic E-state index is 6.04. The van der Waals surface area contributed by atoms with Crippen LogP contribution in [0.15, 0.2) is 18.3 Å². The average Bonchev–Trinajstić information content (AvgIpc) is 2.51. The van der Waals surface area contributed by atoms with Gasteiger partial charge in [0.2, 0.25) is 0 Å². The fraction of sp³-hybridized carbons (Fsp3) is 0.706. The summed E-state index contributed by atoms with van der Waals surface area (Å²) in [7, 11) is 0. The van der Waals surface area contributed by atoms with Gasteiger partial charge >= 0.3 is 0 Å². The van der Waals surface area contributed by atoms with E-state index < -0.39 is 0 Å². The second kappa shape index (κ2) is 6.68. The topological polar surface area (TPSA) is 42.1 Å². The quantitative estimate of drug-likeness (QED) is 0.896. The predicted molar refractivity (Wildman–Crippen MR) is 84.6 cm³/mol. The molecule has 0 bridgehead atoms. The molecule has 1 aromatic heterocycles. The van der Waals surface area contributed by atoms with E-state index in [9.17, 15) is 0 Å². The van der Waals surface area contributed by atoms with Crippen LogP contribution in [0.1, 0.15) is 56.8 Å². The normalized spacial score (nSPS) is 20.8. The monoisotopic (exact) mass is 275 g/mol. The van der Waals surface area contributed by atoms with Crippen molar-refractivity contribution in [3.63, 3.8) is 0 Å². The predicted octanol–water partition coefficient (Wildman–Crippen LogP) is 3.29. The highest BCUT2D eigenvalue weighted by Gasteiger charge is 2.33. The molecule has 1 aliphatic rings. The fourth-order valence-corrected chi connectivity index (χ4v) is 3.44. The van der Waals surface area contributed by atoms with Gasteiger partial charge in [-0.1, -0.05) is 32.8 Å². The number of hydrogen-bond donors (Lipinski definition) is 1. The molecule has 0 spiro atoms. The van der Waals surface area contributed by atoms with E-state index in [0.717, 1.165) is 18.8 Å². The van der Waals surface area contributed by atoms with Gasteiger partial charge in [0, 0.05) is 24.5 Å². The largest absolute Gasteiger partial charge is 0.329 e. The third-order valence-corrected chi connectivity index (χ3v) is 5.34. The molecule has 2 rings (SSSR count). The second-order valence-corrected chi connectivity index (χ2v) is 6.23. The smallest absolute Gasteiger partial charge is 0.0485 e. The number of rotatable bonds is 5. The first-order valence-electron chi connectivity index (χ1n) is 8.01. The molecule has 3 nitrogen and oxygen atoms in total. The molecule has 1 aliphatic heterocycles. The van der Waals surface area contributed by atoms with E-state index in [1.165, 1.54) is 31.2 Å². The number of aryl methyl sites for hydroxylation is 1. The van der Waals surface area contributed by atoms with E-state index >= 15 is 0 Å². The Morgan fingerprint density at radius 3 is 2.35 bits per heavy atom. The number of piperidine rings is 1.